The molecule has 15 nitrogen and oxygen atoms in total. The van der Waals surface area contributed by atoms with E-state index in [0.29, 0.717) is 67.0 Å². The molecule has 0 bridgehead atoms. The van der Waals surface area contributed by atoms with Crippen LogP contribution in [0, 0.1) is 30.4 Å². The molecule has 3 amide bonds. The lowest BCUT2D eigenvalue weighted by atomic mass is 9.88. The molecular formula is C85H87F2N3O12. The average molecular weight is 1380 g/mol. The number of hydrogen-bond donors (Lipinski definition) is 6. The SMILES string of the molecule is COc1cc(/C=C2\c3ccc(C)cc3C(CC(=O)NCc3ccccc3)C2C)cc(OC)c1O.COc1cc(/C=C2\c3ccc(F)cc3C(CC(=O)NCc3ccccc3)C2C)cc(OC)c1O.COc1cc(CC2=C(C)C(CC(=O)NCc3ccccc3)c3cc(F)ccc32)cc(OC)c1O. The number of halogens is 2. The van der Waals surface area contributed by atoms with E-state index in [1.54, 1.807) is 48.5 Å². The molecule has 6 N–H and O–H groups in total. The number of methoxy groups -OCH3 is 6. The van der Waals surface area contributed by atoms with Crippen LogP contribution in [0.5, 0.6) is 51.7 Å². The van der Waals surface area contributed by atoms with Crippen molar-refractivity contribution in [3.63, 3.8) is 0 Å². The molecule has 12 rings (SSSR count). The highest BCUT2D eigenvalue weighted by atomic mass is 19.1. The van der Waals surface area contributed by atoms with Crippen LogP contribution >= 0.6 is 0 Å². The van der Waals surface area contributed by atoms with Crippen LogP contribution in [0.1, 0.15) is 130 Å². The summed E-state index contributed by atoms with van der Waals surface area (Å²) < 4.78 is 60.2. The summed E-state index contributed by atoms with van der Waals surface area (Å²) in [6.07, 6.45) is 5.52. The van der Waals surface area contributed by atoms with Crippen LogP contribution in [0.25, 0.3) is 28.9 Å². The Bertz CT molecular complexity index is 4330. The number of hydrogen-bond acceptors (Lipinski definition) is 12. The summed E-state index contributed by atoms with van der Waals surface area (Å²) in [5.74, 6) is 0.883. The molecule has 17 heteroatoms. The number of nitrogens with one attached hydrogen (secondary N) is 3. The summed E-state index contributed by atoms with van der Waals surface area (Å²) in [7, 11) is 8.97. The first-order valence-corrected chi connectivity index (χ1v) is 33.8. The van der Waals surface area contributed by atoms with Gasteiger partial charge in [-0.15, -0.1) is 0 Å². The maximum Gasteiger partial charge on any atom is 0.221 e. The van der Waals surface area contributed by atoms with Crippen molar-refractivity contribution >= 4 is 46.6 Å². The second-order valence-electron chi connectivity index (χ2n) is 25.7. The molecule has 0 radical (unpaired) electrons. The van der Waals surface area contributed by atoms with Gasteiger partial charge in [-0.25, -0.2) is 8.78 Å². The van der Waals surface area contributed by atoms with Crippen LogP contribution in [0.4, 0.5) is 8.78 Å². The highest BCUT2D eigenvalue weighted by Gasteiger charge is 2.37. The molecule has 102 heavy (non-hydrogen) atoms. The Morgan fingerprint density at radius 1 is 0.412 bits per heavy atom. The van der Waals surface area contributed by atoms with Gasteiger partial charge in [0.2, 0.25) is 35.0 Å². The Kier molecular flexibility index (Phi) is 24.2. The van der Waals surface area contributed by atoms with Crippen LogP contribution in [-0.4, -0.2) is 75.7 Å². The van der Waals surface area contributed by atoms with Crippen LogP contribution < -0.4 is 44.4 Å². The van der Waals surface area contributed by atoms with Gasteiger partial charge in [-0.05, 0) is 188 Å². The van der Waals surface area contributed by atoms with Crippen molar-refractivity contribution in [1.82, 2.24) is 16.0 Å². The largest absolute Gasteiger partial charge is 0.502 e. The van der Waals surface area contributed by atoms with Crippen LogP contribution in [-0.2, 0) is 40.4 Å². The van der Waals surface area contributed by atoms with Crippen LogP contribution in [0.15, 0.2) is 188 Å². The van der Waals surface area contributed by atoms with Crippen molar-refractivity contribution in [2.45, 2.75) is 90.8 Å². The van der Waals surface area contributed by atoms with Gasteiger partial charge >= 0.3 is 0 Å². The van der Waals surface area contributed by atoms with Crippen molar-refractivity contribution in [2.75, 3.05) is 42.7 Å². The minimum absolute atomic E-state index is 0.0180. The zero-order valence-corrected chi connectivity index (χ0v) is 59.1. The predicted molar refractivity (Wildman–Crippen MR) is 395 cm³/mol. The lowest BCUT2D eigenvalue weighted by Crippen LogP contribution is -2.25. The fraction of sp³-hybridized carbons (Fsp3) is 0.259. The van der Waals surface area contributed by atoms with Crippen molar-refractivity contribution in [1.29, 1.82) is 0 Å². The number of fused-ring (bicyclic) bond motifs is 3. The second-order valence-corrected chi connectivity index (χ2v) is 25.7. The molecule has 5 unspecified atom stereocenters. The first-order valence-electron chi connectivity index (χ1n) is 33.8. The van der Waals surface area contributed by atoms with Crippen molar-refractivity contribution in [3.8, 4) is 51.7 Å². The Morgan fingerprint density at radius 2 is 0.755 bits per heavy atom. The topological polar surface area (TPSA) is 203 Å². The van der Waals surface area contributed by atoms with Crippen LogP contribution in [0.2, 0.25) is 0 Å². The summed E-state index contributed by atoms with van der Waals surface area (Å²) in [4.78, 5) is 38.5. The molecule has 528 valence electrons. The molecule has 0 heterocycles. The van der Waals surface area contributed by atoms with E-state index in [0.717, 1.165) is 83.5 Å². The van der Waals surface area contributed by atoms with Gasteiger partial charge in [-0.2, -0.15) is 0 Å². The minimum atomic E-state index is -0.324. The van der Waals surface area contributed by atoms with Crippen LogP contribution in [0.3, 0.4) is 0 Å². The summed E-state index contributed by atoms with van der Waals surface area (Å²) in [6, 6.07) is 55.9. The van der Waals surface area contributed by atoms with Gasteiger partial charge < -0.3 is 59.7 Å². The van der Waals surface area contributed by atoms with Gasteiger partial charge in [0.05, 0.1) is 42.7 Å². The van der Waals surface area contributed by atoms with Gasteiger partial charge in [-0.1, -0.05) is 158 Å². The molecule has 0 fully saturated rings. The zero-order chi connectivity index (χ0) is 72.7. The van der Waals surface area contributed by atoms with Gasteiger partial charge in [0, 0.05) is 44.8 Å². The maximum absolute atomic E-state index is 14.2. The molecule has 0 saturated heterocycles. The zero-order valence-electron chi connectivity index (χ0n) is 59.1. The molecule has 9 aromatic rings. The lowest BCUT2D eigenvalue weighted by Gasteiger charge is -2.18. The third kappa shape index (κ3) is 17.3. The molecule has 3 aliphatic carbocycles. The van der Waals surface area contributed by atoms with Crippen molar-refractivity contribution < 1.29 is 66.9 Å². The Hall–Kier alpha value is -11.3. The van der Waals surface area contributed by atoms with Gasteiger partial charge in [0.1, 0.15) is 11.6 Å². The molecule has 0 aromatic heterocycles. The number of benzene rings is 9. The van der Waals surface area contributed by atoms with Gasteiger partial charge in [-0.3, -0.25) is 14.4 Å². The number of amides is 3. The highest BCUT2D eigenvalue weighted by Crippen LogP contribution is 2.52. The molecule has 0 spiro atoms. The van der Waals surface area contributed by atoms with E-state index in [-0.39, 0.29) is 89.0 Å². The average Bonchev–Trinajstić information content (AvgIpc) is 1.63. The summed E-state index contributed by atoms with van der Waals surface area (Å²) in [5.41, 5.74) is 16.9. The molecular weight excluding hydrogens is 1290 g/mol. The number of carbonyl (C=O) groups is 3. The number of rotatable bonds is 22. The smallest absolute Gasteiger partial charge is 0.221 e. The van der Waals surface area contributed by atoms with E-state index in [1.807, 2.05) is 111 Å². The number of aromatic hydroxyl groups is 3. The molecule has 0 aliphatic heterocycles. The number of ether oxygens (including phenoxy) is 6. The fourth-order valence-corrected chi connectivity index (χ4v) is 13.9. The first-order chi connectivity index (χ1) is 49.2. The normalized spacial score (nSPS) is 16.8. The Labute approximate surface area is 595 Å². The summed E-state index contributed by atoms with van der Waals surface area (Å²) >= 11 is 0. The molecule has 5 atom stereocenters. The minimum Gasteiger partial charge on any atom is -0.502 e. The fourth-order valence-electron chi connectivity index (χ4n) is 13.9. The third-order valence-electron chi connectivity index (χ3n) is 19.3. The van der Waals surface area contributed by atoms with E-state index in [1.165, 1.54) is 78.1 Å². The van der Waals surface area contributed by atoms with Gasteiger partial charge in [0.15, 0.2) is 34.5 Å². The standard InChI is InChI=1S/C29H31NO4.2C28H28FNO4/c1-18-10-11-22-23(13-21-14-26(33-3)29(32)27(15-21)34-4)19(2)24(25(22)12-18)16-28(31)30-17-20-8-6-5-7-9-20;2*1-17-22(11-19-12-25(33-2)28(32)26(13-19)34-3)21-10-9-20(29)14-24(21)23(17)15-27(31)30-16-18-7-5-4-6-8-18/h5-15,19,24,32H,16-17H2,1-4H3,(H,30,31);4-10,12-14,23,32H,11,15-16H2,1-3H3,(H,30,31);4-14,17,23,32H,15-16H2,1-3H3,(H,30,31)/b23-13-;;22-11-. The first kappa shape index (κ1) is 73.4. The van der Waals surface area contributed by atoms with Gasteiger partial charge in [0.25, 0.3) is 0 Å². The maximum atomic E-state index is 14.2. The summed E-state index contributed by atoms with van der Waals surface area (Å²) in [5, 5.41) is 39.8. The predicted octanol–water partition coefficient (Wildman–Crippen LogP) is 16.6. The number of phenolic OH excluding ortho intramolecular Hbond substituents is 3. The number of carbonyl (C=O) groups excluding carboxylic acids is 3. The van der Waals surface area contributed by atoms with Crippen molar-refractivity contribution in [2.24, 2.45) is 11.8 Å². The quantitative estimate of drug-likeness (QED) is 0.0375. The third-order valence-corrected chi connectivity index (χ3v) is 19.3. The number of allylic oxidation sites excluding steroid dienone is 4. The Morgan fingerprint density at radius 3 is 1.15 bits per heavy atom. The van der Waals surface area contributed by atoms with E-state index in [9.17, 15) is 38.5 Å². The molecule has 9 aromatic carbocycles. The highest BCUT2D eigenvalue weighted by molar-refractivity contribution is 5.92. The van der Waals surface area contributed by atoms with E-state index >= 15 is 0 Å². The van der Waals surface area contributed by atoms with E-state index in [2.05, 4.69) is 54.1 Å². The van der Waals surface area contributed by atoms with E-state index < -0.39 is 0 Å². The molecule has 0 saturated carbocycles. The Balaban J connectivity index is 0.000000165. The monoisotopic (exact) mass is 1380 g/mol. The van der Waals surface area contributed by atoms with E-state index in [4.69, 9.17) is 28.4 Å². The lowest BCUT2D eigenvalue weighted by molar-refractivity contribution is -0.122. The number of phenols is 3. The number of aryl methyl sites for hydroxylation is 1. The second kappa shape index (κ2) is 33.7. The summed E-state index contributed by atoms with van der Waals surface area (Å²) in [6.45, 7) is 9.72. The molecule has 3 aliphatic rings. The van der Waals surface area contributed by atoms with Crippen molar-refractivity contribution in [3.05, 3.63) is 272 Å².